The molecule has 15 heteroatoms. The summed E-state index contributed by atoms with van der Waals surface area (Å²) in [6, 6.07) is 1.72. The van der Waals surface area contributed by atoms with Crippen LogP contribution in [-0.4, -0.2) is 47.1 Å². The van der Waals surface area contributed by atoms with E-state index in [1.165, 1.54) is 0 Å². The van der Waals surface area contributed by atoms with Crippen LogP contribution < -0.4 is 0 Å². The number of non-ortho nitro benzene ring substituents is 1. The lowest BCUT2D eigenvalue weighted by Crippen LogP contribution is -2.16. The van der Waals surface area contributed by atoms with Crippen LogP contribution in [0.1, 0.15) is 0 Å². The minimum Gasteiger partial charge on any atom is -0.264 e. The van der Waals surface area contributed by atoms with Crippen LogP contribution in [0.25, 0.3) is 0 Å². The van der Waals surface area contributed by atoms with E-state index in [9.17, 15) is 35.4 Å². The second kappa shape index (κ2) is 6.66. The van der Waals surface area contributed by atoms with E-state index in [2.05, 4.69) is 4.18 Å². The molecule has 0 aromatic heterocycles. The third-order valence-electron chi connectivity index (χ3n) is 2.30. The van der Waals surface area contributed by atoms with Gasteiger partial charge in [0.2, 0.25) is 0 Å². The quantitative estimate of drug-likeness (QED) is 0.281. The molecular formula is C8H8ClNO10S3. The van der Waals surface area contributed by atoms with Crippen molar-refractivity contribution in [3.8, 4) is 0 Å². The summed E-state index contributed by atoms with van der Waals surface area (Å²) in [7, 11) is -8.63. The molecule has 0 bridgehead atoms. The Morgan fingerprint density at radius 3 is 2.04 bits per heavy atom. The van der Waals surface area contributed by atoms with Crippen molar-refractivity contribution < 1.29 is 38.9 Å². The number of benzene rings is 1. The van der Waals surface area contributed by atoms with Crippen LogP contribution in [0.3, 0.4) is 0 Å². The van der Waals surface area contributed by atoms with Crippen LogP contribution in [0.4, 0.5) is 5.69 Å². The van der Waals surface area contributed by atoms with Crippen molar-refractivity contribution in [1.29, 1.82) is 0 Å². The molecule has 1 N–H and O–H groups in total. The number of hydrogen-bond donors (Lipinski definition) is 1. The maximum Gasteiger partial charge on any atom is 0.397 e. The summed E-state index contributed by atoms with van der Waals surface area (Å²) in [6.07, 6.45) is 0. The molecule has 0 heterocycles. The molecule has 1 rings (SSSR count). The topological polar surface area (TPSA) is 175 Å². The van der Waals surface area contributed by atoms with E-state index in [4.69, 9.17) is 15.2 Å². The van der Waals surface area contributed by atoms with Gasteiger partial charge in [0.15, 0.2) is 9.84 Å². The SMILES string of the molecule is O=[N+]([O-])c1cc(S(=O)(=O)Cl)cc(S(=O)(=O)CCOS(=O)(=O)O)c1. The largest absolute Gasteiger partial charge is 0.397 e. The molecule has 0 saturated heterocycles. The van der Waals surface area contributed by atoms with Gasteiger partial charge in [-0.1, -0.05) is 0 Å². The summed E-state index contributed by atoms with van der Waals surface area (Å²) in [5, 5.41) is 10.7. The summed E-state index contributed by atoms with van der Waals surface area (Å²) in [5.74, 6) is -0.990. The summed E-state index contributed by atoms with van der Waals surface area (Å²) >= 11 is 0. The first kappa shape index (κ1) is 19.7. The normalized spacial score (nSPS) is 13.0. The molecule has 0 aliphatic heterocycles. The second-order valence-corrected chi connectivity index (χ2v) is 9.69. The molecular weight excluding hydrogens is 402 g/mol. The van der Waals surface area contributed by atoms with Gasteiger partial charge in [0, 0.05) is 22.8 Å². The zero-order valence-electron chi connectivity index (χ0n) is 10.8. The summed E-state index contributed by atoms with van der Waals surface area (Å²) in [5.41, 5.74) is -0.846. The number of sulfone groups is 1. The molecule has 0 aliphatic rings. The fourth-order valence-electron chi connectivity index (χ4n) is 1.35. The van der Waals surface area contributed by atoms with E-state index in [0.29, 0.717) is 18.2 Å². The molecule has 1 aromatic carbocycles. The molecule has 0 aliphatic carbocycles. The number of rotatable bonds is 7. The van der Waals surface area contributed by atoms with Gasteiger partial charge < -0.3 is 0 Å². The molecule has 0 saturated carbocycles. The molecule has 0 atom stereocenters. The van der Waals surface area contributed by atoms with Gasteiger partial charge in [0.25, 0.3) is 14.7 Å². The highest BCUT2D eigenvalue weighted by molar-refractivity contribution is 8.13. The third kappa shape index (κ3) is 6.00. The van der Waals surface area contributed by atoms with Crippen molar-refractivity contribution in [3.63, 3.8) is 0 Å². The number of halogens is 1. The number of nitrogens with zero attached hydrogens (tertiary/aromatic N) is 1. The highest BCUT2D eigenvalue weighted by Gasteiger charge is 2.24. The predicted molar refractivity (Wildman–Crippen MR) is 75.7 cm³/mol. The van der Waals surface area contributed by atoms with E-state index < -0.39 is 62.0 Å². The van der Waals surface area contributed by atoms with Gasteiger partial charge in [-0.05, 0) is 6.07 Å². The van der Waals surface area contributed by atoms with E-state index in [-0.39, 0.29) is 0 Å². The minimum atomic E-state index is -4.87. The Balaban J connectivity index is 3.30. The van der Waals surface area contributed by atoms with Gasteiger partial charge in [-0.25, -0.2) is 21.0 Å². The number of nitro benzene ring substituents is 1. The molecule has 23 heavy (non-hydrogen) atoms. The highest BCUT2D eigenvalue weighted by atomic mass is 35.7. The van der Waals surface area contributed by atoms with Crippen LogP contribution in [0.15, 0.2) is 28.0 Å². The first-order chi connectivity index (χ1) is 10.2. The van der Waals surface area contributed by atoms with E-state index >= 15 is 0 Å². The maximum absolute atomic E-state index is 12.0. The smallest absolute Gasteiger partial charge is 0.264 e. The van der Waals surface area contributed by atoms with Crippen LogP contribution in [0, 0.1) is 10.1 Å². The van der Waals surface area contributed by atoms with Crippen molar-refractivity contribution in [3.05, 3.63) is 28.3 Å². The number of hydrogen-bond acceptors (Lipinski definition) is 9. The molecule has 0 radical (unpaired) electrons. The summed E-state index contributed by atoms with van der Waals surface area (Å²) in [6.45, 7) is -0.979. The summed E-state index contributed by atoms with van der Waals surface area (Å²) in [4.78, 5) is 8.12. The Morgan fingerprint density at radius 2 is 1.61 bits per heavy atom. The lowest BCUT2D eigenvalue weighted by molar-refractivity contribution is -0.385. The van der Waals surface area contributed by atoms with Crippen LogP contribution in [0.2, 0.25) is 0 Å². The van der Waals surface area contributed by atoms with Crippen molar-refractivity contribution in [2.24, 2.45) is 0 Å². The van der Waals surface area contributed by atoms with Crippen LogP contribution in [0.5, 0.6) is 0 Å². The van der Waals surface area contributed by atoms with Crippen molar-refractivity contribution in [2.45, 2.75) is 9.79 Å². The van der Waals surface area contributed by atoms with E-state index in [1.807, 2.05) is 0 Å². The fraction of sp³-hybridized carbons (Fsp3) is 0.250. The lowest BCUT2D eigenvalue weighted by atomic mass is 10.3. The van der Waals surface area contributed by atoms with E-state index in [0.717, 1.165) is 0 Å². The molecule has 0 unspecified atom stereocenters. The molecule has 1 aromatic rings. The van der Waals surface area contributed by atoms with E-state index in [1.54, 1.807) is 0 Å². The fourth-order valence-corrected chi connectivity index (χ4v) is 3.77. The van der Waals surface area contributed by atoms with Crippen molar-refractivity contribution >= 4 is 45.7 Å². The Hall–Kier alpha value is -1.32. The van der Waals surface area contributed by atoms with Gasteiger partial charge in [-0.2, -0.15) is 8.42 Å². The standard InChI is InChI=1S/C8H8ClNO10S3/c9-22(15,16)8-4-6(10(11)12)3-7(5-8)21(13,14)2-1-20-23(17,18)19/h3-5H,1-2H2,(H,17,18,19). The summed E-state index contributed by atoms with van der Waals surface area (Å²) < 4.78 is 79.2. The minimum absolute atomic E-state index is 0.566. The first-order valence-electron chi connectivity index (χ1n) is 5.31. The Labute approximate surface area is 135 Å². The molecule has 11 nitrogen and oxygen atoms in total. The van der Waals surface area contributed by atoms with Gasteiger partial charge in [0.1, 0.15) is 0 Å². The zero-order valence-corrected chi connectivity index (χ0v) is 14.0. The molecule has 130 valence electrons. The Morgan fingerprint density at radius 1 is 1.09 bits per heavy atom. The monoisotopic (exact) mass is 409 g/mol. The van der Waals surface area contributed by atoms with Gasteiger partial charge in [0.05, 0.1) is 27.1 Å². The Kier molecular flexibility index (Phi) is 5.71. The Bertz CT molecular complexity index is 934. The predicted octanol–water partition coefficient (Wildman–Crippen LogP) is 0.115. The zero-order chi connectivity index (χ0) is 18.1. The van der Waals surface area contributed by atoms with Crippen LogP contribution >= 0.6 is 10.7 Å². The second-order valence-electron chi connectivity index (χ2n) is 3.93. The van der Waals surface area contributed by atoms with Crippen molar-refractivity contribution in [2.75, 3.05) is 12.4 Å². The van der Waals surface area contributed by atoms with Gasteiger partial charge >= 0.3 is 10.4 Å². The number of nitro groups is 1. The molecule has 0 amide bonds. The van der Waals surface area contributed by atoms with Crippen LogP contribution in [-0.2, 0) is 33.5 Å². The van der Waals surface area contributed by atoms with Gasteiger partial charge in [-0.3, -0.25) is 14.7 Å². The average molecular weight is 410 g/mol. The maximum atomic E-state index is 12.0. The first-order valence-corrected chi connectivity index (χ1v) is 10.6. The third-order valence-corrected chi connectivity index (χ3v) is 5.76. The molecule has 0 fully saturated rings. The molecule has 0 spiro atoms. The van der Waals surface area contributed by atoms with Gasteiger partial charge in [-0.15, -0.1) is 0 Å². The highest BCUT2D eigenvalue weighted by Crippen LogP contribution is 2.26. The van der Waals surface area contributed by atoms with Crippen molar-refractivity contribution in [1.82, 2.24) is 0 Å². The average Bonchev–Trinajstić information content (AvgIpc) is 2.35. The lowest BCUT2D eigenvalue weighted by Gasteiger charge is -2.06.